The van der Waals surface area contributed by atoms with Crippen LogP contribution in [0.15, 0.2) is 53.4 Å². The highest BCUT2D eigenvalue weighted by atomic mass is 32.2. The van der Waals surface area contributed by atoms with Crippen molar-refractivity contribution in [2.45, 2.75) is 43.8 Å². The third-order valence-corrected chi connectivity index (χ3v) is 4.81. The minimum Gasteiger partial charge on any atom is -0.326 e. The van der Waals surface area contributed by atoms with Gasteiger partial charge in [-0.05, 0) is 54.8 Å². The van der Waals surface area contributed by atoms with Gasteiger partial charge in [0.25, 0.3) is 0 Å². The molecule has 0 bridgehead atoms. The van der Waals surface area contributed by atoms with Crippen molar-refractivity contribution < 1.29 is 9.59 Å². The van der Waals surface area contributed by atoms with Gasteiger partial charge < -0.3 is 10.6 Å². The molecule has 1 atom stereocenters. The smallest absolute Gasteiger partial charge is 0.237 e. The van der Waals surface area contributed by atoms with E-state index in [0.29, 0.717) is 5.92 Å². The van der Waals surface area contributed by atoms with Crippen molar-refractivity contribution in [2.75, 3.05) is 10.6 Å². The Hall–Kier alpha value is -2.27. The molecule has 0 aliphatic rings. The summed E-state index contributed by atoms with van der Waals surface area (Å²) in [4.78, 5) is 24.4. The molecule has 0 saturated carbocycles. The van der Waals surface area contributed by atoms with E-state index in [9.17, 15) is 9.59 Å². The Morgan fingerprint density at radius 1 is 0.840 bits per heavy atom. The van der Waals surface area contributed by atoms with Gasteiger partial charge in [0.05, 0.1) is 5.25 Å². The standard InChI is InChI=1S/C20H24N2O2S/c1-13(2)16-5-7-18(8-6-16)22-20(24)14(3)25-19-11-9-17(10-12-19)21-15(4)23/h5-14H,1-4H3,(H,21,23)(H,22,24)/t14-/m1/s1. The van der Waals surface area contributed by atoms with Crippen LogP contribution >= 0.6 is 11.8 Å². The Morgan fingerprint density at radius 3 is 1.88 bits per heavy atom. The highest BCUT2D eigenvalue weighted by Crippen LogP contribution is 2.26. The minimum absolute atomic E-state index is 0.0340. The van der Waals surface area contributed by atoms with Crippen LogP contribution in [0, 0.1) is 0 Å². The molecule has 4 nitrogen and oxygen atoms in total. The van der Waals surface area contributed by atoms with Crippen molar-refractivity contribution in [1.29, 1.82) is 0 Å². The normalized spacial score (nSPS) is 11.9. The lowest BCUT2D eigenvalue weighted by Gasteiger charge is -2.13. The second-order valence-corrected chi connectivity index (χ2v) is 7.65. The fraction of sp³-hybridized carbons (Fsp3) is 0.300. The highest BCUT2D eigenvalue weighted by Gasteiger charge is 2.14. The number of thioether (sulfide) groups is 1. The fourth-order valence-corrected chi connectivity index (χ4v) is 3.14. The Kier molecular flexibility index (Phi) is 6.65. The Morgan fingerprint density at radius 2 is 1.36 bits per heavy atom. The first-order valence-corrected chi connectivity index (χ1v) is 9.18. The van der Waals surface area contributed by atoms with Crippen molar-refractivity contribution in [3.05, 3.63) is 54.1 Å². The fourth-order valence-electron chi connectivity index (χ4n) is 2.27. The maximum Gasteiger partial charge on any atom is 0.237 e. The van der Waals surface area contributed by atoms with Crippen molar-refractivity contribution >= 4 is 35.0 Å². The van der Waals surface area contributed by atoms with Crippen LogP contribution in [0.2, 0.25) is 0 Å². The number of anilines is 2. The van der Waals surface area contributed by atoms with Gasteiger partial charge in [-0.1, -0.05) is 26.0 Å². The SMILES string of the molecule is CC(=O)Nc1ccc(S[C@H](C)C(=O)Nc2ccc(C(C)C)cc2)cc1. The molecule has 25 heavy (non-hydrogen) atoms. The lowest BCUT2D eigenvalue weighted by molar-refractivity contribution is -0.115. The van der Waals surface area contributed by atoms with E-state index in [1.807, 2.05) is 55.5 Å². The van der Waals surface area contributed by atoms with Crippen LogP contribution < -0.4 is 10.6 Å². The van der Waals surface area contributed by atoms with E-state index in [4.69, 9.17) is 0 Å². The molecule has 2 rings (SSSR count). The van der Waals surface area contributed by atoms with Crippen LogP contribution in [0.1, 0.15) is 39.2 Å². The molecule has 0 spiro atoms. The molecule has 0 saturated heterocycles. The van der Waals surface area contributed by atoms with Gasteiger partial charge in [0, 0.05) is 23.2 Å². The molecule has 0 aromatic heterocycles. The predicted octanol–water partition coefficient (Wildman–Crippen LogP) is 4.89. The number of carbonyl (C=O) groups excluding carboxylic acids is 2. The van der Waals surface area contributed by atoms with Gasteiger partial charge in [0.2, 0.25) is 11.8 Å². The quantitative estimate of drug-likeness (QED) is 0.725. The number of hydrogen-bond donors (Lipinski definition) is 2. The maximum atomic E-state index is 12.4. The summed E-state index contributed by atoms with van der Waals surface area (Å²) in [7, 11) is 0. The van der Waals surface area contributed by atoms with Crippen LogP contribution in [-0.2, 0) is 9.59 Å². The second kappa shape index (κ2) is 8.72. The predicted molar refractivity (Wildman–Crippen MR) is 105 cm³/mol. The van der Waals surface area contributed by atoms with Crippen LogP contribution in [0.5, 0.6) is 0 Å². The summed E-state index contributed by atoms with van der Waals surface area (Å²) >= 11 is 1.48. The molecular weight excluding hydrogens is 332 g/mol. The molecule has 2 aromatic rings. The molecule has 2 N–H and O–H groups in total. The third-order valence-electron chi connectivity index (χ3n) is 3.70. The Balaban J connectivity index is 1.92. The number of carbonyl (C=O) groups is 2. The second-order valence-electron chi connectivity index (χ2n) is 6.23. The first-order valence-electron chi connectivity index (χ1n) is 8.30. The Labute approximate surface area is 153 Å². The van der Waals surface area contributed by atoms with Gasteiger partial charge in [-0.3, -0.25) is 9.59 Å². The van der Waals surface area contributed by atoms with E-state index in [-0.39, 0.29) is 17.1 Å². The molecule has 132 valence electrons. The van der Waals surface area contributed by atoms with E-state index < -0.39 is 0 Å². The first-order chi connectivity index (χ1) is 11.8. The summed E-state index contributed by atoms with van der Waals surface area (Å²) in [5.74, 6) is 0.338. The lowest BCUT2D eigenvalue weighted by Crippen LogP contribution is -2.22. The number of benzene rings is 2. The summed E-state index contributed by atoms with van der Waals surface area (Å²) < 4.78 is 0. The minimum atomic E-state index is -0.226. The average Bonchev–Trinajstić information content (AvgIpc) is 2.56. The lowest BCUT2D eigenvalue weighted by atomic mass is 10.0. The van der Waals surface area contributed by atoms with Gasteiger partial charge in [-0.2, -0.15) is 0 Å². The van der Waals surface area contributed by atoms with Gasteiger partial charge in [0.1, 0.15) is 0 Å². The van der Waals surface area contributed by atoms with E-state index >= 15 is 0 Å². The van der Waals surface area contributed by atoms with Crippen LogP contribution in [0.3, 0.4) is 0 Å². The summed E-state index contributed by atoms with van der Waals surface area (Å²) in [6.07, 6.45) is 0. The van der Waals surface area contributed by atoms with Crippen LogP contribution in [0.25, 0.3) is 0 Å². The van der Waals surface area contributed by atoms with Crippen molar-refractivity contribution in [2.24, 2.45) is 0 Å². The van der Waals surface area contributed by atoms with E-state index in [0.717, 1.165) is 16.3 Å². The first kappa shape index (κ1) is 19.1. The maximum absolute atomic E-state index is 12.4. The van der Waals surface area contributed by atoms with Crippen molar-refractivity contribution in [3.8, 4) is 0 Å². The summed E-state index contributed by atoms with van der Waals surface area (Å²) in [6, 6.07) is 15.4. The molecule has 0 unspecified atom stereocenters. The van der Waals surface area contributed by atoms with Gasteiger partial charge >= 0.3 is 0 Å². The van der Waals surface area contributed by atoms with Crippen molar-refractivity contribution in [3.63, 3.8) is 0 Å². The molecule has 5 heteroatoms. The van der Waals surface area contributed by atoms with E-state index in [1.165, 1.54) is 24.2 Å². The topological polar surface area (TPSA) is 58.2 Å². The summed E-state index contributed by atoms with van der Waals surface area (Å²) in [5, 5.41) is 5.45. The molecule has 2 amide bonds. The molecule has 0 fully saturated rings. The van der Waals surface area contributed by atoms with E-state index in [1.54, 1.807) is 0 Å². The summed E-state index contributed by atoms with van der Waals surface area (Å²) in [6.45, 7) is 7.64. The zero-order valence-corrected chi connectivity index (χ0v) is 15.8. The molecular formula is C20H24N2O2S. The Bertz CT molecular complexity index is 724. The summed E-state index contributed by atoms with van der Waals surface area (Å²) in [5.41, 5.74) is 2.81. The van der Waals surface area contributed by atoms with Crippen LogP contribution in [-0.4, -0.2) is 17.1 Å². The number of hydrogen-bond acceptors (Lipinski definition) is 3. The zero-order valence-electron chi connectivity index (χ0n) is 15.0. The number of nitrogens with one attached hydrogen (secondary N) is 2. The molecule has 0 aliphatic carbocycles. The largest absolute Gasteiger partial charge is 0.326 e. The molecule has 0 aliphatic heterocycles. The average molecular weight is 356 g/mol. The van der Waals surface area contributed by atoms with Gasteiger partial charge in [-0.15, -0.1) is 11.8 Å². The number of rotatable bonds is 6. The molecule has 0 heterocycles. The van der Waals surface area contributed by atoms with E-state index in [2.05, 4.69) is 24.5 Å². The third kappa shape index (κ3) is 5.94. The zero-order chi connectivity index (χ0) is 18.4. The van der Waals surface area contributed by atoms with Gasteiger partial charge in [-0.25, -0.2) is 0 Å². The van der Waals surface area contributed by atoms with Crippen molar-refractivity contribution in [1.82, 2.24) is 0 Å². The van der Waals surface area contributed by atoms with Crippen LogP contribution in [0.4, 0.5) is 11.4 Å². The number of amides is 2. The highest BCUT2D eigenvalue weighted by molar-refractivity contribution is 8.00. The monoisotopic (exact) mass is 356 g/mol. The molecule has 0 radical (unpaired) electrons. The van der Waals surface area contributed by atoms with Gasteiger partial charge in [0.15, 0.2) is 0 Å². The molecule has 2 aromatic carbocycles.